The van der Waals surface area contributed by atoms with Crippen LogP contribution in [-0.2, 0) is 4.79 Å². The van der Waals surface area contributed by atoms with Crippen molar-refractivity contribution in [1.29, 1.82) is 0 Å². The summed E-state index contributed by atoms with van der Waals surface area (Å²) in [5.41, 5.74) is 6.88. The number of hydrogen-bond donors (Lipinski definition) is 2. The first kappa shape index (κ1) is 14.4. The monoisotopic (exact) mass is 278 g/mol. The normalized spacial score (nSPS) is 18.8. The Bertz CT molecular complexity index is 454. The highest BCUT2D eigenvalue weighted by molar-refractivity contribution is 7.99. The molecule has 1 unspecified atom stereocenters. The highest BCUT2D eigenvalue weighted by Crippen LogP contribution is 2.35. The summed E-state index contributed by atoms with van der Waals surface area (Å²) < 4.78 is 0. The summed E-state index contributed by atoms with van der Waals surface area (Å²) >= 11 is 1.87. The molecule has 0 fully saturated rings. The van der Waals surface area contributed by atoms with Gasteiger partial charge in [-0.05, 0) is 38.3 Å². The van der Waals surface area contributed by atoms with Crippen molar-refractivity contribution < 1.29 is 4.79 Å². The van der Waals surface area contributed by atoms with E-state index in [1.165, 1.54) is 10.5 Å². The maximum atomic E-state index is 12.0. The smallest absolute Gasteiger partial charge is 0.220 e. The molecule has 19 heavy (non-hydrogen) atoms. The zero-order valence-electron chi connectivity index (χ0n) is 11.6. The second-order valence-corrected chi connectivity index (χ2v) is 6.92. The zero-order chi connectivity index (χ0) is 13.9. The van der Waals surface area contributed by atoms with E-state index in [-0.39, 0.29) is 17.5 Å². The van der Waals surface area contributed by atoms with E-state index >= 15 is 0 Å². The average molecular weight is 278 g/mol. The molecule has 1 aliphatic rings. The molecule has 1 aliphatic heterocycles. The first-order chi connectivity index (χ1) is 8.96. The Labute approximate surface area is 119 Å². The van der Waals surface area contributed by atoms with Crippen LogP contribution in [0.3, 0.4) is 0 Å². The van der Waals surface area contributed by atoms with Gasteiger partial charge >= 0.3 is 0 Å². The number of hydrogen-bond acceptors (Lipinski definition) is 3. The summed E-state index contributed by atoms with van der Waals surface area (Å²) in [5.74, 6) is 1.16. The van der Waals surface area contributed by atoms with Gasteiger partial charge in [-0.1, -0.05) is 18.2 Å². The van der Waals surface area contributed by atoms with Gasteiger partial charge < -0.3 is 11.1 Å². The zero-order valence-corrected chi connectivity index (χ0v) is 12.4. The molecule has 3 N–H and O–H groups in total. The lowest BCUT2D eigenvalue weighted by molar-refractivity contribution is -0.122. The van der Waals surface area contributed by atoms with Crippen LogP contribution in [0, 0.1) is 0 Å². The van der Waals surface area contributed by atoms with Crippen LogP contribution in [0.1, 0.15) is 44.7 Å². The molecule has 1 aromatic carbocycles. The number of rotatable bonds is 4. The van der Waals surface area contributed by atoms with Gasteiger partial charge in [0.2, 0.25) is 5.91 Å². The van der Waals surface area contributed by atoms with Gasteiger partial charge in [-0.3, -0.25) is 4.79 Å². The number of thioether (sulfide) groups is 1. The van der Waals surface area contributed by atoms with Gasteiger partial charge in [0.1, 0.15) is 0 Å². The minimum Gasteiger partial charge on any atom is -0.349 e. The number of amides is 1. The molecular weight excluding hydrogens is 256 g/mol. The van der Waals surface area contributed by atoms with E-state index in [0.29, 0.717) is 12.8 Å². The summed E-state index contributed by atoms with van der Waals surface area (Å²) in [6.07, 6.45) is 2.21. The standard InChI is InChI=1S/C15H22N2OS/c1-15(2,16)9-7-14(18)17-12-8-10-19-13-6-4-3-5-11(12)13/h3-6,12H,7-10,16H2,1-2H3,(H,17,18). The molecule has 0 radical (unpaired) electrons. The van der Waals surface area contributed by atoms with Crippen molar-refractivity contribution in [3.05, 3.63) is 29.8 Å². The van der Waals surface area contributed by atoms with E-state index in [1.807, 2.05) is 37.7 Å². The Morgan fingerprint density at radius 1 is 1.47 bits per heavy atom. The lowest BCUT2D eigenvalue weighted by Gasteiger charge is -2.26. The van der Waals surface area contributed by atoms with Crippen LogP contribution < -0.4 is 11.1 Å². The van der Waals surface area contributed by atoms with Crippen molar-refractivity contribution in [2.75, 3.05) is 5.75 Å². The third-order valence-electron chi connectivity index (χ3n) is 3.29. The fourth-order valence-corrected chi connectivity index (χ4v) is 3.32. The first-order valence-corrected chi connectivity index (χ1v) is 7.74. The molecule has 1 heterocycles. The molecule has 0 saturated heterocycles. The fourth-order valence-electron chi connectivity index (χ4n) is 2.19. The van der Waals surface area contributed by atoms with Gasteiger partial charge in [-0.15, -0.1) is 11.8 Å². The second-order valence-electron chi connectivity index (χ2n) is 5.78. The molecule has 0 saturated carbocycles. The van der Waals surface area contributed by atoms with Crippen molar-refractivity contribution in [2.24, 2.45) is 5.73 Å². The fraction of sp³-hybridized carbons (Fsp3) is 0.533. The highest BCUT2D eigenvalue weighted by atomic mass is 32.2. The van der Waals surface area contributed by atoms with Gasteiger partial charge in [0.15, 0.2) is 0 Å². The minimum absolute atomic E-state index is 0.102. The molecule has 2 rings (SSSR count). The highest BCUT2D eigenvalue weighted by Gasteiger charge is 2.22. The maximum absolute atomic E-state index is 12.0. The molecule has 1 atom stereocenters. The topological polar surface area (TPSA) is 55.1 Å². The van der Waals surface area contributed by atoms with Crippen LogP contribution in [0.15, 0.2) is 29.2 Å². The summed E-state index contributed by atoms with van der Waals surface area (Å²) in [5, 5.41) is 3.14. The Balaban J connectivity index is 1.95. The summed E-state index contributed by atoms with van der Waals surface area (Å²) in [6, 6.07) is 8.48. The van der Waals surface area contributed by atoms with Gasteiger partial charge in [-0.2, -0.15) is 0 Å². The molecule has 3 nitrogen and oxygen atoms in total. The lowest BCUT2D eigenvalue weighted by Crippen LogP contribution is -2.36. The van der Waals surface area contributed by atoms with Crippen molar-refractivity contribution in [1.82, 2.24) is 5.32 Å². The van der Waals surface area contributed by atoms with E-state index in [0.717, 1.165) is 12.2 Å². The summed E-state index contributed by atoms with van der Waals surface area (Å²) in [6.45, 7) is 3.90. The Hall–Kier alpha value is -1.00. The summed E-state index contributed by atoms with van der Waals surface area (Å²) in [7, 11) is 0. The van der Waals surface area contributed by atoms with Crippen LogP contribution in [-0.4, -0.2) is 17.2 Å². The predicted molar refractivity (Wildman–Crippen MR) is 80.2 cm³/mol. The number of carbonyl (C=O) groups is 1. The number of carbonyl (C=O) groups excluding carboxylic acids is 1. The van der Waals surface area contributed by atoms with Crippen LogP contribution in [0.2, 0.25) is 0 Å². The van der Waals surface area contributed by atoms with Crippen molar-refractivity contribution in [2.45, 2.75) is 49.6 Å². The van der Waals surface area contributed by atoms with E-state index in [4.69, 9.17) is 5.73 Å². The first-order valence-electron chi connectivity index (χ1n) is 6.76. The van der Waals surface area contributed by atoms with E-state index in [1.54, 1.807) is 0 Å². The molecular formula is C15H22N2OS. The third-order valence-corrected chi connectivity index (χ3v) is 4.41. The Kier molecular flexibility index (Phi) is 4.53. The Morgan fingerprint density at radius 3 is 2.95 bits per heavy atom. The van der Waals surface area contributed by atoms with Crippen molar-refractivity contribution in [3.8, 4) is 0 Å². The van der Waals surface area contributed by atoms with Gasteiger partial charge in [-0.25, -0.2) is 0 Å². The molecule has 1 amide bonds. The third kappa shape index (κ3) is 4.25. The maximum Gasteiger partial charge on any atom is 0.220 e. The van der Waals surface area contributed by atoms with Crippen molar-refractivity contribution in [3.63, 3.8) is 0 Å². The van der Waals surface area contributed by atoms with Crippen LogP contribution >= 0.6 is 11.8 Å². The van der Waals surface area contributed by atoms with Gasteiger partial charge in [0, 0.05) is 22.6 Å². The molecule has 1 aromatic rings. The number of nitrogens with one attached hydrogen (secondary N) is 1. The molecule has 4 heteroatoms. The largest absolute Gasteiger partial charge is 0.349 e. The molecule has 0 aliphatic carbocycles. The Morgan fingerprint density at radius 2 is 2.21 bits per heavy atom. The molecule has 104 valence electrons. The molecule has 0 bridgehead atoms. The van der Waals surface area contributed by atoms with Gasteiger partial charge in [0.05, 0.1) is 6.04 Å². The SMILES string of the molecule is CC(C)(N)CCC(=O)NC1CCSc2ccccc21. The lowest BCUT2D eigenvalue weighted by atomic mass is 9.99. The minimum atomic E-state index is -0.280. The summed E-state index contributed by atoms with van der Waals surface area (Å²) in [4.78, 5) is 13.3. The van der Waals surface area contributed by atoms with E-state index < -0.39 is 0 Å². The number of nitrogens with two attached hydrogens (primary N) is 1. The molecule has 0 aromatic heterocycles. The van der Waals surface area contributed by atoms with Crippen LogP contribution in [0.4, 0.5) is 0 Å². The van der Waals surface area contributed by atoms with Crippen LogP contribution in [0.5, 0.6) is 0 Å². The van der Waals surface area contributed by atoms with Gasteiger partial charge in [0.25, 0.3) is 0 Å². The second kappa shape index (κ2) is 5.97. The van der Waals surface area contributed by atoms with Crippen molar-refractivity contribution >= 4 is 17.7 Å². The number of fused-ring (bicyclic) bond motifs is 1. The van der Waals surface area contributed by atoms with E-state index in [2.05, 4.69) is 17.4 Å². The average Bonchev–Trinajstić information content (AvgIpc) is 2.36. The molecule has 0 spiro atoms. The quantitative estimate of drug-likeness (QED) is 0.890. The van der Waals surface area contributed by atoms with E-state index in [9.17, 15) is 4.79 Å². The van der Waals surface area contributed by atoms with Crippen LogP contribution in [0.25, 0.3) is 0 Å². The predicted octanol–water partition coefficient (Wildman–Crippen LogP) is 2.86. The number of benzene rings is 1.